The van der Waals surface area contributed by atoms with Gasteiger partial charge < -0.3 is 26.5 Å². The Morgan fingerprint density at radius 3 is 2.79 bits per heavy atom. The quantitative estimate of drug-likeness (QED) is 0.229. The van der Waals surface area contributed by atoms with E-state index in [0.29, 0.717) is 31.9 Å². The third-order valence-electron chi connectivity index (χ3n) is 5.34. The molecule has 2 aromatic carbocycles. The molecule has 1 heterocycles. The summed E-state index contributed by atoms with van der Waals surface area (Å²) in [6.45, 7) is 2.39. The summed E-state index contributed by atoms with van der Waals surface area (Å²) in [6.07, 6.45) is 6.79. The van der Waals surface area contributed by atoms with Crippen molar-refractivity contribution in [3.05, 3.63) is 77.8 Å². The molecule has 1 amide bonds. The molecule has 1 atom stereocenters. The number of carbonyl (C=O) groups excluding carboxylic acids is 1. The monoisotopic (exact) mass is 472 g/mol. The first-order valence-electron chi connectivity index (χ1n) is 11.0. The SMILES string of the molecule is [K+].[NH-]/C(=C\N=[C-]OCc1cccc(-c2ccccc2)c1)CN1CCCCC1C(=O)NCCN. The second kappa shape index (κ2) is 15.4. The molecule has 0 saturated carbocycles. The number of aliphatic imine (C=N–C) groups is 1. The summed E-state index contributed by atoms with van der Waals surface area (Å²) in [5.41, 5.74) is 17.3. The third kappa shape index (κ3) is 9.33. The molecule has 1 unspecified atom stereocenters. The number of amides is 1. The minimum atomic E-state index is -0.217. The van der Waals surface area contributed by atoms with Crippen LogP contribution in [0.25, 0.3) is 16.9 Å². The molecule has 1 fully saturated rings. The summed E-state index contributed by atoms with van der Waals surface area (Å²) >= 11 is 0. The predicted molar refractivity (Wildman–Crippen MR) is 128 cm³/mol. The Morgan fingerprint density at radius 2 is 2.00 bits per heavy atom. The maximum absolute atomic E-state index is 12.4. The first-order chi connectivity index (χ1) is 15.7. The summed E-state index contributed by atoms with van der Waals surface area (Å²) in [7, 11) is 0. The number of carbonyl (C=O) groups is 1. The van der Waals surface area contributed by atoms with Crippen molar-refractivity contribution in [1.29, 1.82) is 0 Å². The number of hydrogen-bond donors (Lipinski definition) is 2. The van der Waals surface area contributed by atoms with Gasteiger partial charge >= 0.3 is 51.4 Å². The number of benzene rings is 2. The van der Waals surface area contributed by atoms with E-state index in [9.17, 15) is 4.79 Å². The summed E-state index contributed by atoms with van der Waals surface area (Å²) in [4.78, 5) is 18.4. The van der Waals surface area contributed by atoms with Crippen LogP contribution in [0.5, 0.6) is 0 Å². The van der Waals surface area contributed by atoms with Crippen molar-refractivity contribution in [3.8, 4) is 11.1 Å². The molecule has 0 aliphatic carbocycles. The minimum Gasteiger partial charge on any atom is -0.715 e. The normalized spacial score (nSPS) is 16.9. The van der Waals surface area contributed by atoms with E-state index in [2.05, 4.69) is 41.0 Å². The van der Waals surface area contributed by atoms with Crippen molar-refractivity contribution in [2.45, 2.75) is 31.9 Å². The van der Waals surface area contributed by atoms with Gasteiger partial charge in [0.1, 0.15) is 0 Å². The fraction of sp³-hybridized carbons (Fsp3) is 0.360. The predicted octanol–water partition coefficient (Wildman–Crippen LogP) is 0.603. The van der Waals surface area contributed by atoms with Crippen molar-refractivity contribution >= 4 is 12.3 Å². The largest absolute Gasteiger partial charge is 1.00 e. The number of piperidine rings is 1. The molecule has 1 aliphatic heterocycles. The van der Waals surface area contributed by atoms with Gasteiger partial charge in [-0.05, 0) is 48.7 Å². The minimum absolute atomic E-state index is 0. The van der Waals surface area contributed by atoms with Crippen LogP contribution in [0, 0.1) is 0 Å². The number of nitrogens with zero attached hydrogens (tertiary/aromatic N) is 2. The first-order valence-corrected chi connectivity index (χ1v) is 11.0. The van der Waals surface area contributed by atoms with Gasteiger partial charge in [0, 0.05) is 19.5 Å². The van der Waals surface area contributed by atoms with E-state index in [1.54, 1.807) is 0 Å². The van der Waals surface area contributed by atoms with Crippen molar-refractivity contribution in [2.24, 2.45) is 10.7 Å². The Labute approximate surface area is 239 Å². The molecule has 7 nitrogen and oxygen atoms in total. The summed E-state index contributed by atoms with van der Waals surface area (Å²) in [6, 6.07) is 18.1. The fourth-order valence-electron chi connectivity index (χ4n) is 3.78. The van der Waals surface area contributed by atoms with Gasteiger partial charge in [-0.2, -0.15) is 0 Å². The zero-order valence-electron chi connectivity index (χ0n) is 19.3. The number of ether oxygens (including phenoxy) is 1. The smallest absolute Gasteiger partial charge is 0.715 e. The molecule has 2 aromatic rings. The van der Waals surface area contributed by atoms with Crippen LogP contribution in [0.3, 0.4) is 0 Å². The maximum atomic E-state index is 12.4. The second-order valence-electron chi connectivity index (χ2n) is 7.79. The fourth-order valence-corrected chi connectivity index (χ4v) is 3.78. The zero-order valence-corrected chi connectivity index (χ0v) is 22.4. The van der Waals surface area contributed by atoms with Crippen LogP contribution < -0.4 is 62.4 Å². The van der Waals surface area contributed by atoms with Gasteiger partial charge in [0.05, 0.1) is 12.6 Å². The summed E-state index contributed by atoms with van der Waals surface area (Å²) in [5, 5.41) is 2.85. The van der Waals surface area contributed by atoms with E-state index >= 15 is 0 Å². The number of likely N-dealkylation sites (tertiary alicyclic amines) is 1. The van der Waals surface area contributed by atoms with Crippen molar-refractivity contribution in [1.82, 2.24) is 10.2 Å². The molecule has 33 heavy (non-hydrogen) atoms. The van der Waals surface area contributed by atoms with Crippen LogP contribution >= 0.6 is 0 Å². The van der Waals surface area contributed by atoms with E-state index in [1.807, 2.05) is 35.2 Å². The number of nitrogens with two attached hydrogens (primary N) is 1. The average Bonchev–Trinajstić information content (AvgIpc) is 2.83. The summed E-state index contributed by atoms with van der Waals surface area (Å²) < 4.78 is 5.42. The number of nitrogens with one attached hydrogen (secondary N) is 2. The van der Waals surface area contributed by atoms with Crippen LogP contribution in [0.4, 0.5) is 0 Å². The van der Waals surface area contributed by atoms with E-state index in [-0.39, 0.29) is 63.3 Å². The van der Waals surface area contributed by atoms with Crippen LogP contribution in [0.2, 0.25) is 0 Å². The van der Waals surface area contributed by atoms with E-state index < -0.39 is 0 Å². The molecular formula is C25H31KN5O2-. The molecule has 1 saturated heterocycles. The Morgan fingerprint density at radius 1 is 1.21 bits per heavy atom. The molecule has 0 aromatic heterocycles. The standard InChI is InChI=1S/C25H31N5O2.K/c26-12-13-29-25(31)24-11-4-5-14-30(24)17-23(27)16-28-19-32-18-20-7-6-10-22(15-20)21-8-2-1-3-9-21;/h1-3,6-10,15-16,24,27H,4-5,11-14,17-18,26H2,(H,29,31);/q-2;+1/b23-16-;. The van der Waals surface area contributed by atoms with Gasteiger partial charge in [-0.25, -0.2) is 5.70 Å². The molecule has 4 N–H and O–H groups in total. The van der Waals surface area contributed by atoms with Gasteiger partial charge in [-0.3, -0.25) is 9.69 Å². The molecule has 0 spiro atoms. The molecule has 8 heteroatoms. The van der Waals surface area contributed by atoms with Gasteiger partial charge in [0.2, 0.25) is 5.91 Å². The maximum Gasteiger partial charge on any atom is 1.00 e. The van der Waals surface area contributed by atoms with E-state index in [0.717, 1.165) is 42.5 Å². The molecular weight excluding hydrogens is 441 g/mol. The number of hydrogen-bond acceptors (Lipinski definition) is 5. The Hall–Kier alpha value is -1.52. The topological polar surface area (TPSA) is 104 Å². The summed E-state index contributed by atoms with van der Waals surface area (Å²) in [5.74, 6) is -0.0147. The average molecular weight is 473 g/mol. The van der Waals surface area contributed by atoms with Crippen LogP contribution in [-0.2, 0) is 16.1 Å². The Bertz CT molecular complexity index is 920. The van der Waals surface area contributed by atoms with Crippen LogP contribution in [-0.4, -0.2) is 49.4 Å². The number of rotatable bonds is 10. The second-order valence-corrected chi connectivity index (χ2v) is 7.79. The van der Waals surface area contributed by atoms with Crippen molar-refractivity contribution in [2.75, 3.05) is 26.2 Å². The molecule has 3 rings (SSSR count). The molecule has 170 valence electrons. The molecule has 1 aliphatic rings. The van der Waals surface area contributed by atoms with Crippen LogP contribution in [0.1, 0.15) is 24.8 Å². The zero-order chi connectivity index (χ0) is 22.6. The van der Waals surface area contributed by atoms with Crippen LogP contribution in [0.15, 0.2) is 71.5 Å². The molecule has 0 radical (unpaired) electrons. The van der Waals surface area contributed by atoms with E-state index in [1.165, 1.54) is 6.20 Å². The van der Waals surface area contributed by atoms with Gasteiger partial charge in [0.15, 0.2) is 0 Å². The third-order valence-corrected chi connectivity index (χ3v) is 5.34. The Balaban J connectivity index is 0.00000385. The first kappa shape index (κ1) is 27.7. The van der Waals surface area contributed by atoms with Gasteiger partial charge in [-0.1, -0.05) is 55.0 Å². The van der Waals surface area contributed by atoms with Gasteiger partial charge in [-0.15, -0.1) is 6.20 Å². The molecule has 0 bridgehead atoms. The Kier molecular flexibility index (Phi) is 12.9. The van der Waals surface area contributed by atoms with Gasteiger partial charge in [0.25, 0.3) is 0 Å². The van der Waals surface area contributed by atoms with Crippen molar-refractivity contribution < 1.29 is 60.9 Å². The van der Waals surface area contributed by atoms with Crippen molar-refractivity contribution in [3.63, 3.8) is 0 Å². The van der Waals surface area contributed by atoms with E-state index in [4.69, 9.17) is 16.2 Å².